The predicted molar refractivity (Wildman–Crippen MR) is 391 cm³/mol. The van der Waals surface area contributed by atoms with E-state index in [-0.39, 0.29) is 33.8 Å². The Bertz CT molecular complexity index is 5100. The van der Waals surface area contributed by atoms with Gasteiger partial charge in [0.25, 0.3) is 6.71 Å². The molecular weight excluding hydrogens is 1090 g/mol. The predicted octanol–water partition coefficient (Wildman–Crippen LogP) is 21.7. The van der Waals surface area contributed by atoms with Crippen LogP contribution in [0.25, 0.3) is 98.8 Å². The number of rotatable bonds is 4. The van der Waals surface area contributed by atoms with Crippen molar-refractivity contribution in [1.82, 2.24) is 9.13 Å². The Kier molecular flexibility index (Phi) is 12.9. The molecule has 0 amide bonds. The van der Waals surface area contributed by atoms with Gasteiger partial charge in [-0.3, -0.25) is 0 Å². The molecule has 0 saturated heterocycles. The van der Waals surface area contributed by atoms with Crippen molar-refractivity contribution in [2.24, 2.45) is 0 Å². The van der Waals surface area contributed by atoms with E-state index in [1.54, 1.807) is 0 Å². The van der Waals surface area contributed by atoms with Crippen molar-refractivity contribution in [3.05, 3.63) is 252 Å². The first-order valence-corrected chi connectivity index (χ1v) is 32.6. The van der Waals surface area contributed by atoms with Gasteiger partial charge in [-0.15, -0.1) is 0 Å². The first-order chi connectivity index (χ1) is 42.8. The molecule has 4 heterocycles. The van der Waals surface area contributed by atoms with Crippen molar-refractivity contribution in [1.29, 1.82) is 0 Å². The van der Waals surface area contributed by atoms with Crippen LogP contribution in [0.2, 0.25) is 0 Å². The minimum atomic E-state index is -0.156. The summed E-state index contributed by atoms with van der Waals surface area (Å²) in [6, 6.07) is 87.6. The Hall–Kier alpha value is -9.12. The molecule has 0 radical (unpaired) electrons. The molecule has 90 heavy (non-hydrogen) atoms. The molecule has 0 fully saturated rings. The van der Waals surface area contributed by atoms with Crippen molar-refractivity contribution < 1.29 is 0 Å². The van der Waals surface area contributed by atoms with Crippen LogP contribution in [-0.4, -0.2) is 15.8 Å². The van der Waals surface area contributed by atoms with E-state index < -0.39 is 0 Å². The van der Waals surface area contributed by atoms with Crippen LogP contribution in [0.15, 0.2) is 224 Å². The quantitative estimate of drug-likeness (QED) is 0.160. The summed E-state index contributed by atoms with van der Waals surface area (Å²) >= 11 is 0. The summed E-state index contributed by atoms with van der Waals surface area (Å²) in [4.78, 5) is 2.66. The van der Waals surface area contributed by atoms with E-state index in [9.17, 15) is 0 Å². The molecule has 2 aromatic heterocycles. The molecule has 11 aromatic carbocycles. The molecule has 0 N–H and O–H groups in total. The first-order valence-electron chi connectivity index (χ1n) is 32.6. The van der Waals surface area contributed by atoms with Crippen LogP contribution in [0.4, 0.5) is 17.1 Å². The number of hydrogen-bond acceptors (Lipinski definition) is 1. The monoisotopic (exact) mass is 1170 g/mol. The number of anilines is 3. The van der Waals surface area contributed by atoms with Gasteiger partial charge < -0.3 is 14.0 Å². The average Bonchev–Trinajstić information content (AvgIpc) is 0.921. The smallest absolute Gasteiger partial charge is 0.252 e. The third-order valence-corrected chi connectivity index (χ3v) is 19.9. The summed E-state index contributed by atoms with van der Waals surface area (Å²) < 4.78 is 5.27. The largest absolute Gasteiger partial charge is 0.311 e. The fourth-order valence-corrected chi connectivity index (χ4v) is 14.8. The molecule has 0 spiro atoms. The van der Waals surface area contributed by atoms with Gasteiger partial charge in [-0.25, -0.2) is 0 Å². The molecule has 0 bridgehead atoms. The number of hydrogen-bond donors (Lipinski definition) is 0. The Labute approximate surface area is 533 Å². The van der Waals surface area contributed by atoms with E-state index in [1.165, 1.54) is 143 Å². The topological polar surface area (TPSA) is 13.1 Å². The van der Waals surface area contributed by atoms with Crippen molar-refractivity contribution in [2.75, 3.05) is 4.90 Å². The first kappa shape index (κ1) is 57.3. The second-order valence-electron chi connectivity index (χ2n) is 31.1. The third-order valence-electron chi connectivity index (χ3n) is 19.9. The molecule has 3 nitrogen and oxygen atoms in total. The fraction of sp³-hybridized carbons (Fsp3) is 0.233. The maximum Gasteiger partial charge on any atom is 0.252 e. The minimum absolute atomic E-state index is 0.0531. The number of fused-ring (bicyclic) bond motifs is 15. The Morgan fingerprint density at radius 2 is 0.722 bits per heavy atom. The van der Waals surface area contributed by atoms with Crippen molar-refractivity contribution in [2.45, 2.75) is 131 Å². The molecule has 0 unspecified atom stereocenters. The zero-order valence-corrected chi connectivity index (χ0v) is 55.3. The van der Waals surface area contributed by atoms with E-state index in [1.807, 2.05) is 0 Å². The number of aromatic nitrogens is 2. The van der Waals surface area contributed by atoms with E-state index >= 15 is 0 Å². The number of nitrogens with zero attached hydrogens (tertiary/aromatic N) is 3. The molecule has 444 valence electrons. The maximum absolute atomic E-state index is 2.69. The van der Waals surface area contributed by atoms with Crippen LogP contribution in [0.5, 0.6) is 0 Å². The lowest BCUT2D eigenvalue weighted by Gasteiger charge is -2.41. The van der Waals surface area contributed by atoms with E-state index in [0.29, 0.717) is 0 Å². The molecule has 13 aromatic rings. The maximum atomic E-state index is 2.69. The highest BCUT2D eigenvalue weighted by Gasteiger charge is 2.43. The zero-order chi connectivity index (χ0) is 62.7. The van der Waals surface area contributed by atoms with Gasteiger partial charge in [0, 0.05) is 49.9 Å². The molecular formula is C86H82BN3. The summed E-state index contributed by atoms with van der Waals surface area (Å²) in [6.45, 7) is 35.0. The van der Waals surface area contributed by atoms with Crippen LogP contribution >= 0.6 is 0 Å². The third kappa shape index (κ3) is 9.21. The van der Waals surface area contributed by atoms with Crippen molar-refractivity contribution >= 4 is 105 Å². The fourth-order valence-electron chi connectivity index (χ4n) is 14.8. The molecule has 0 aliphatic carbocycles. The SMILES string of the molecule is CC(C)(C)c1cc(-c2ccc3c(c2)-n2c4ccccc4c4ccccc4c4ccccc4c4ccc5c(c42)B3c2ccc(-n3c4cc(C(C)(C)C)ccc4c4ccc(C(C)(C)C)cc43)cc2N5c2ccc(C(C)(C)C)cc2-c2ccccc2)cc(C(C)(C)C)c1. The van der Waals surface area contributed by atoms with Gasteiger partial charge in [-0.05, 0) is 164 Å². The van der Waals surface area contributed by atoms with Crippen LogP contribution in [0.1, 0.15) is 132 Å². The Morgan fingerprint density at radius 3 is 1.30 bits per heavy atom. The van der Waals surface area contributed by atoms with Gasteiger partial charge in [-0.1, -0.05) is 274 Å². The number of para-hydroxylation sites is 1. The van der Waals surface area contributed by atoms with Gasteiger partial charge in [-0.2, -0.15) is 0 Å². The average molecular weight is 1170 g/mol. The summed E-state index contributed by atoms with van der Waals surface area (Å²) in [7, 11) is 0. The Balaban J connectivity index is 1.14. The normalized spacial score (nSPS) is 13.5. The lowest BCUT2D eigenvalue weighted by Crippen LogP contribution is -2.60. The van der Waals surface area contributed by atoms with Gasteiger partial charge >= 0.3 is 0 Å². The highest BCUT2D eigenvalue weighted by atomic mass is 15.2. The van der Waals surface area contributed by atoms with Crippen molar-refractivity contribution in [3.8, 4) is 33.6 Å². The molecule has 0 saturated carbocycles. The molecule has 2 aliphatic heterocycles. The van der Waals surface area contributed by atoms with Crippen LogP contribution in [-0.2, 0) is 27.1 Å². The lowest BCUT2D eigenvalue weighted by atomic mass is 9.33. The van der Waals surface area contributed by atoms with Gasteiger partial charge in [0.15, 0.2) is 0 Å². The van der Waals surface area contributed by atoms with E-state index in [2.05, 4.69) is 342 Å². The minimum Gasteiger partial charge on any atom is -0.311 e. The second-order valence-corrected chi connectivity index (χ2v) is 31.1. The molecule has 15 rings (SSSR count). The Morgan fingerprint density at radius 1 is 0.267 bits per heavy atom. The van der Waals surface area contributed by atoms with Gasteiger partial charge in [0.05, 0.1) is 27.8 Å². The summed E-state index contributed by atoms with van der Waals surface area (Å²) in [5, 5.41) is 9.82. The lowest BCUT2D eigenvalue weighted by molar-refractivity contribution is 0.569. The van der Waals surface area contributed by atoms with Gasteiger partial charge in [0.1, 0.15) is 0 Å². The van der Waals surface area contributed by atoms with Crippen LogP contribution in [0.3, 0.4) is 0 Å². The van der Waals surface area contributed by atoms with E-state index in [4.69, 9.17) is 0 Å². The molecule has 2 aliphatic rings. The van der Waals surface area contributed by atoms with Crippen molar-refractivity contribution in [3.63, 3.8) is 0 Å². The molecule has 0 atom stereocenters. The highest BCUT2D eigenvalue weighted by Crippen LogP contribution is 2.48. The molecule has 4 heteroatoms. The van der Waals surface area contributed by atoms with Crippen LogP contribution < -0.4 is 21.3 Å². The second kappa shape index (κ2) is 20.2. The standard InChI is InChI=1S/C86H82BN3/c1-82(2,3)56-36-43-74(70(49-56)53-25-17-16-18-26-53)89-75-44-40-69-65-30-22-20-28-63(65)62-27-19-21-29-64(62)66-31-23-24-32-73(66)90-78-47-54(55-45-59(85(10,11)12)48-60(46-55)86(13,14)15)33-41-71(78)87(80(75)81(69)90)72-42-37-61(52-79(72)89)88-76-50-57(83(4,5)6)34-38-67(76)68-39-35-58(51-77(68)88)84(7,8)9/h16-52H,1-15H3. The summed E-state index contributed by atoms with van der Waals surface area (Å²) in [6.07, 6.45) is 0. The van der Waals surface area contributed by atoms with Gasteiger partial charge in [0.2, 0.25) is 0 Å². The highest BCUT2D eigenvalue weighted by molar-refractivity contribution is 7.00. The van der Waals surface area contributed by atoms with E-state index in [0.717, 1.165) is 16.9 Å². The summed E-state index contributed by atoms with van der Waals surface area (Å²) in [5.41, 5.74) is 25.6. The summed E-state index contributed by atoms with van der Waals surface area (Å²) in [5.74, 6) is 0. The zero-order valence-electron chi connectivity index (χ0n) is 55.3. The van der Waals surface area contributed by atoms with Crippen LogP contribution in [0, 0.1) is 0 Å². The number of benzene rings is 11.